The molecule has 2 heterocycles. The number of aromatic nitrogens is 2. The van der Waals surface area contributed by atoms with Gasteiger partial charge in [0, 0.05) is 28.2 Å². The molecule has 0 atom stereocenters. The van der Waals surface area contributed by atoms with Gasteiger partial charge < -0.3 is 4.90 Å². The molecule has 0 fully saturated rings. The van der Waals surface area contributed by atoms with E-state index in [1.807, 2.05) is 30.3 Å². The summed E-state index contributed by atoms with van der Waals surface area (Å²) in [7, 11) is -1.76. The third kappa shape index (κ3) is 3.32. The SMILES string of the molecule is C[Si]1(C)c2ccccc2N(c2ccc(-c3nc(-c4ccccc4)ns3)cc2)c2ccccc21. The Hall–Kier alpha value is -3.54. The van der Waals surface area contributed by atoms with E-state index in [0.29, 0.717) is 0 Å². The lowest BCUT2D eigenvalue weighted by Gasteiger charge is -2.41. The van der Waals surface area contributed by atoms with Crippen molar-refractivity contribution in [2.45, 2.75) is 13.1 Å². The monoisotopic (exact) mass is 461 g/mol. The van der Waals surface area contributed by atoms with Crippen LogP contribution in [0.1, 0.15) is 0 Å². The van der Waals surface area contributed by atoms with Gasteiger partial charge in [0.05, 0.1) is 0 Å². The van der Waals surface area contributed by atoms with Crippen LogP contribution in [0, 0.1) is 0 Å². The maximum atomic E-state index is 4.78. The summed E-state index contributed by atoms with van der Waals surface area (Å²) in [4.78, 5) is 7.19. The number of anilines is 3. The number of fused-ring (bicyclic) bond motifs is 2. The second-order valence-electron chi connectivity index (χ2n) is 8.83. The highest BCUT2D eigenvalue weighted by molar-refractivity contribution is 7.09. The largest absolute Gasteiger partial charge is 0.311 e. The fourth-order valence-corrected chi connectivity index (χ4v) is 8.42. The van der Waals surface area contributed by atoms with Crippen LogP contribution < -0.4 is 15.3 Å². The Morgan fingerprint density at radius 2 is 1.21 bits per heavy atom. The summed E-state index contributed by atoms with van der Waals surface area (Å²) in [5, 5.41) is 3.89. The van der Waals surface area contributed by atoms with E-state index in [-0.39, 0.29) is 0 Å². The summed E-state index contributed by atoms with van der Waals surface area (Å²) >= 11 is 1.45. The first kappa shape index (κ1) is 20.1. The maximum absolute atomic E-state index is 4.78. The fraction of sp³-hybridized carbons (Fsp3) is 0.0714. The Balaban J connectivity index is 1.40. The van der Waals surface area contributed by atoms with Crippen LogP contribution in [0.15, 0.2) is 103 Å². The Morgan fingerprint density at radius 1 is 0.636 bits per heavy atom. The zero-order chi connectivity index (χ0) is 22.4. The Labute approximate surface area is 199 Å². The minimum Gasteiger partial charge on any atom is -0.311 e. The van der Waals surface area contributed by atoms with Gasteiger partial charge in [-0.1, -0.05) is 79.8 Å². The molecule has 3 nitrogen and oxygen atoms in total. The molecule has 0 bridgehead atoms. The quantitative estimate of drug-likeness (QED) is 0.288. The highest BCUT2D eigenvalue weighted by Gasteiger charge is 2.38. The molecule has 160 valence electrons. The summed E-state index contributed by atoms with van der Waals surface area (Å²) in [6.07, 6.45) is 0. The molecule has 0 aliphatic carbocycles. The standard InChI is InChI=1S/C28H23N3SSi/c1-33(2)25-14-8-6-12-23(25)31(24-13-7-9-15-26(24)33)22-18-16-21(17-19-22)28-29-27(30-32-28)20-10-4-3-5-11-20/h3-19H,1-2H3. The van der Waals surface area contributed by atoms with E-state index in [9.17, 15) is 0 Å². The molecule has 5 aromatic rings. The van der Waals surface area contributed by atoms with Crippen molar-refractivity contribution in [1.29, 1.82) is 0 Å². The lowest BCUT2D eigenvalue weighted by Crippen LogP contribution is -2.58. The highest BCUT2D eigenvalue weighted by Crippen LogP contribution is 2.38. The van der Waals surface area contributed by atoms with E-state index >= 15 is 0 Å². The number of hydrogen-bond acceptors (Lipinski definition) is 4. The van der Waals surface area contributed by atoms with Gasteiger partial charge in [0.15, 0.2) is 5.82 Å². The van der Waals surface area contributed by atoms with Crippen molar-refractivity contribution in [3.63, 3.8) is 0 Å². The van der Waals surface area contributed by atoms with Crippen LogP contribution in [-0.4, -0.2) is 17.4 Å². The molecule has 0 spiro atoms. The van der Waals surface area contributed by atoms with Gasteiger partial charge in [-0.15, -0.1) is 0 Å². The lowest BCUT2D eigenvalue weighted by molar-refractivity contribution is 1.28. The van der Waals surface area contributed by atoms with Crippen LogP contribution in [0.3, 0.4) is 0 Å². The number of nitrogens with zero attached hydrogens (tertiary/aromatic N) is 3. The first-order chi connectivity index (χ1) is 16.1. The maximum Gasteiger partial charge on any atom is 0.173 e. The van der Waals surface area contributed by atoms with E-state index < -0.39 is 8.07 Å². The Morgan fingerprint density at radius 3 is 1.85 bits per heavy atom. The van der Waals surface area contributed by atoms with Gasteiger partial charge >= 0.3 is 0 Å². The molecule has 5 heteroatoms. The highest BCUT2D eigenvalue weighted by atomic mass is 32.1. The molecule has 0 saturated heterocycles. The van der Waals surface area contributed by atoms with E-state index in [1.54, 1.807) is 0 Å². The number of rotatable bonds is 3. The smallest absolute Gasteiger partial charge is 0.173 e. The normalized spacial score (nSPS) is 13.9. The minimum absolute atomic E-state index is 0.783. The van der Waals surface area contributed by atoms with Gasteiger partial charge in [0.2, 0.25) is 0 Å². The molecule has 0 amide bonds. The van der Waals surface area contributed by atoms with Crippen LogP contribution in [-0.2, 0) is 0 Å². The van der Waals surface area contributed by atoms with Gasteiger partial charge in [-0.3, -0.25) is 0 Å². The van der Waals surface area contributed by atoms with Crippen molar-refractivity contribution < 1.29 is 0 Å². The second kappa shape index (κ2) is 7.80. The predicted molar refractivity (Wildman–Crippen MR) is 142 cm³/mol. The first-order valence-electron chi connectivity index (χ1n) is 11.1. The van der Waals surface area contributed by atoms with Crippen molar-refractivity contribution in [1.82, 2.24) is 9.36 Å². The summed E-state index contributed by atoms with van der Waals surface area (Å²) < 4.78 is 4.58. The van der Waals surface area contributed by atoms with E-state index in [4.69, 9.17) is 4.98 Å². The van der Waals surface area contributed by atoms with Gasteiger partial charge in [-0.2, -0.15) is 4.37 Å². The topological polar surface area (TPSA) is 29.0 Å². The third-order valence-electron chi connectivity index (χ3n) is 6.47. The molecular formula is C28H23N3SSi. The van der Waals surface area contributed by atoms with E-state index in [1.165, 1.54) is 33.3 Å². The predicted octanol–water partition coefficient (Wildman–Crippen LogP) is 6.48. The molecule has 33 heavy (non-hydrogen) atoms. The Bertz CT molecular complexity index is 1390. The van der Waals surface area contributed by atoms with Gasteiger partial charge in [0.1, 0.15) is 13.1 Å². The van der Waals surface area contributed by atoms with Crippen molar-refractivity contribution in [2.24, 2.45) is 0 Å². The summed E-state index contributed by atoms with van der Waals surface area (Å²) in [6.45, 7) is 4.90. The first-order valence-corrected chi connectivity index (χ1v) is 14.9. The van der Waals surface area contributed by atoms with Gasteiger partial charge in [0.25, 0.3) is 0 Å². The van der Waals surface area contributed by atoms with E-state index in [2.05, 4.69) is 95.2 Å². The van der Waals surface area contributed by atoms with Crippen molar-refractivity contribution in [3.8, 4) is 22.0 Å². The van der Waals surface area contributed by atoms with Gasteiger partial charge in [-0.05, 0) is 58.3 Å². The zero-order valence-corrected chi connectivity index (χ0v) is 20.4. The summed E-state index contributed by atoms with van der Waals surface area (Å²) in [6, 6.07) is 36.6. The molecule has 6 rings (SSSR count). The fourth-order valence-electron chi connectivity index (χ4n) is 4.75. The van der Waals surface area contributed by atoms with Crippen LogP contribution >= 0.6 is 11.5 Å². The number of benzene rings is 4. The molecule has 1 aliphatic rings. The molecule has 1 aromatic heterocycles. The van der Waals surface area contributed by atoms with Crippen molar-refractivity contribution in [2.75, 3.05) is 4.90 Å². The summed E-state index contributed by atoms with van der Waals surface area (Å²) in [5.41, 5.74) is 5.89. The molecule has 1 aliphatic heterocycles. The van der Waals surface area contributed by atoms with E-state index in [0.717, 1.165) is 27.6 Å². The second-order valence-corrected chi connectivity index (χ2v) is 13.9. The van der Waals surface area contributed by atoms with Crippen molar-refractivity contribution >= 4 is 47.0 Å². The number of hydrogen-bond donors (Lipinski definition) is 0. The third-order valence-corrected chi connectivity index (χ3v) is 10.8. The Kier molecular flexibility index (Phi) is 4.75. The average molecular weight is 462 g/mol. The molecular weight excluding hydrogens is 438 g/mol. The molecule has 0 unspecified atom stereocenters. The lowest BCUT2D eigenvalue weighted by atomic mass is 10.1. The van der Waals surface area contributed by atoms with Crippen molar-refractivity contribution in [3.05, 3.63) is 103 Å². The average Bonchev–Trinajstić information content (AvgIpc) is 3.36. The number of para-hydroxylation sites is 2. The minimum atomic E-state index is -1.76. The van der Waals surface area contributed by atoms with Crippen LogP contribution in [0.2, 0.25) is 13.1 Å². The molecule has 0 radical (unpaired) electrons. The van der Waals surface area contributed by atoms with Crippen LogP contribution in [0.4, 0.5) is 17.1 Å². The van der Waals surface area contributed by atoms with Crippen LogP contribution in [0.5, 0.6) is 0 Å². The molecule has 4 aromatic carbocycles. The molecule has 0 saturated carbocycles. The zero-order valence-electron chi connectivity index (χ0n) is 18.6. The van der Waals surface area contributed by atoms with Crippen LogP contribution in [0.25, 0.3) is 22.0 Å². The van der Waals surface area contributed by atoms with Gasteiger partial charge in [-0.25, -0.2) is 4.98 Å². The summed E-state index contributed by atoms with van der Waals surface area (Å²) in [5.74, 6) is 0.783. The molecule has 0 N–H and O–H groups in total.